The number of hydrogen-bond donors (Lipinski definition) is 3. The first-order valence-corrected chi connectivity index (χ1v) is 10.5. The number of amides is 3. The van der Waals surface area contributed by atoms with Crippen LogP contribution in [0.25, 0.3) is 0 Å². The zero-order chi connectivity index (χ0) is 23.5. The summed E-state index contributed by atoms with van der Waals surface area (Å²) in [6.07, 6.45) is 3.15. The van der Waals surface area contributed by atoms with Crippen molar-refractivity contribution in [3.8, 4) is 0 Å². The largest absolute Gasteiger partial charge is 0.369 e. The van der Waals surface area contributed by atoms with Crippen LogP contribution in [0.3, 0.4) is 0 Å². The number of rotatable bonds is 6. The zero-order valence-corrected chi connectivity index (χ0v) is 17.8. The van der Waals surface area contributed by atoms with Gasteiger partial charge in [0, 0.05) is 19.5 Å². The molecule has 5 N–H and O–H groups in total. The van der Waals surface area contributed by atoms with Crippen LogP contribution in [0.4, 0.5) is 21.6 Å². The minimum atomic E-state index is -0.853. The first kappa shape index (κ1) is 22.2. The van der Waals surface area contributed by atoms with Gasteiger partial charge in [0.15, 0.2) is 0 Å². The maximum atomic E-state index is 13.2. The minimum absolute atomic E-state index is 0.0202. The van der Waals surface area contributed by atoms with Gasteiger partial charge in [-0.1, -0.05) is 0 Å². The molecule has 172 valence electrons. The van der Waals surface area contributed by atoms with Crippen LogP contribution in [-0.2, 0) is 14.4 Å². The van der Waals surface area contributed by atoms with Crippen molar-refractivity contribution in [2.24, 2.45) is 22.5 Å². The van der Waals surface area contributed by atoms with Gasteiger partial charge in [0.05, 0.1) is 23.5 Å². The molecule has 1 saturated heterocycles. The number of aromatic nitrogens is 1. The summed E-state index contributed by atoms with van der Waals surface area (Å²) in [4.78, 5) is 42.5. The molecule has 1 aromatic carbocycles. The Morgan fingerprint density at radius 1 is 1.06 bits per heavy atom. The van der Waals surface area contributed by atoms with Crippen LogP contribution in [0.15, 0.2) is 47.7 Å². The molecule has 2 atom stereocenters. The summed E-state index contributed by atoms with van der Waals surface area (Å²) in [5, 5.41) is 8.29. The average molecular weight is 453 g/mol. The van der Waals surface area contributed by atoms with Gasteiger partial charge in [0.1, 0.15) is 23.4 Å². The molecule has 2 aliphatic heterocycles. The molecule has 0 aliphatic carbocycles. The van der Waals surface area contributed by atoms with Gasteiger partial charge in [-0.15, -0.1) is 0 Å². The summed E-state index contributed by atoms with van der Waals surface area (Å²) in [7, 11) is 0. The van der Waals surface area contributed by atoms with Crippen molar-refractivity contribution in [2.45, 2.75) is 25.3 Å². The van der Waals surface area contributed by atoms with Gasteiger partial charge < -0.3 is 21.7 Å². The summed E-state index contributed by atoms with van der Waals surface area (Å²) in [5.41, 5.74) is 11.9. The van der Waals surface area contributed by atoms with E-state index in [2.05, 4.69) is 15.4 Å². The Kier molecular flexibility index (Phi) is 6.20. The van der Waals surface area contributed by atoms with Crippen LogP contribution in [0, 0.1) is 11.7 Å². The second kappa shape index (κ2) is 9.23. The standard InChI is InChI=1S/C22H24FN7O3/c23-14-3-6-16(7-4-14)30-18(21(25)32)10-17(28-30)22(33)27-15-5-8-19(26-11-15)29-9-1-2-13(12-29)20(24)31/h3-8,11,13,18H,1-2,9-10,12H2,(H2,24,31)(H2,25,32)(H,27,33). The Morgan fingerprint density at radius 2 is 1.82 bits per heavy atom. The predicted octanol–water partition coefficient (Wildman–Crippen LogP) is 0.981. The molecule has 0 bridgehead atoms. The summed E-state index contributed by atoms with van der Waals surface area (Å²) in [5.74, 6) is -1.40. The van der Waals surface area contributed by atoms with E-state index in [9.17, 15) is 18.8 Å². The molecule has 10 nitrogen and oxygen atoms in total. The topological polar surface area (TPSA) is 147 Å². The Hall–Kier alpha value is -4.02. The summed E-state index contributed by atoms with van der Waals surface area (Å²) in [6, 6.07) is 8.00. The van der Waals surface area contributed by atoms with Gasteiger partial charge in [0.25, 0.3) is 5.91 Å². The maximum Gasteiger partial charge on any atom is 0.272 e. The molecular weight excluding hydrogens is 429 g/mol. The number of nitrogens with one attached hydrogen (secondary N) is 1. The van der Waals surface area contributed by atoms with Crippen molar-refractivity contribution >= 4 is 40.6 Å². The van der Waals surface area contributed by atoms with Crippen LogP contribution in [-0.4, -0.2) is 47.5 Å². The van der Waals surface area contributed by atoms with E-state index in [4.69, 9.17) is 11.5 Å². The first-order valence-electron chi connectivity index (χ1n) is 10.5. The lowest BCUT2D eigenvalue weighted by Gasteiger charge is -2.32. The van der Waals surface area contributed by atoms with Gasteiger partial charge in [-0.2, -0.15) is 5.10 Å². The van der Waals surface area contributed by atoms with Gasteiger partial charge in [-0.25, -0.2) is 9.37 Å². The molecule has 2 aromatic rings. The van der Waals surface area contributed by atoms with Crippen molar-refractivity contribution in [2.75, 3.05) is 28.3 Å². The molecule has 1 fully saturated rings. The number of carbonyl (C=O) groups is 3. The highest BCUT2D eigenvalue weighted by Crippen LogP contribution is 2.26. The molecule has 2 unspecified atom stereocenters. The molecule has 33 heavy (non-hydrogen) atoms. The lowest BCUT2D eigenvalue weighted by atomic mass is 9.97. The molecule has 0 spiro atoms. The molecule has 0 radical (unpaired) electrons. The lowest BCUT2D eigenvalue weighted by molar-refractivity contribution is -0.122. The monoisotopic (exact) mass is 453 g/mol. The summed E-state index contributed by atoms with van der Waals surface area (Å²) in [6.45, 7) is 1.28. The third-order valence-corrected chi connectivity index (χ3v) is 5.75. The van der Waals surface area contributed by atoms with E-state index in [1.54, 1.807) is 12.1 Å². The average Bonchev–Trinajstić information content (AvgIpc) is 3.26. The molecule has 1 aromatic heterocycles. The number of halogens is 1. The molecule has 3 amide bonds. The number of primary amides is 2. The Labute approximate surface area is 189 Å². The predicted molar refractivity (Wildman–Crippen MR) is 121 cm³/mol. The Balaban J connectivity index is 1.44. The highest BCUT2D eigenvalue weighted by atomic mass is 19.1. The van der Waals surface area contributed by atoms with Crippen LogP contribution < -0.4 is 26.7 Å². The number of hydrogen-bond acceptors (Lipinski definition) is 7. The fourth-order valence-corrected chi connectivity index (χ4v) is 3.97. The van der Waals surface area contributed by atoms with Crippen LogP contribution in [0.5, 0.6) is 0 Å². The van der Waals surface area contributed by atoms with E-state index in [1.807, 2.05) is 4.90 Å². The Bertz CT molecular complexity index is 1090. The van der Waals surface area contributed by atoms with Gasteiger partial charge >= 0.3 is 0 Å². The highest BCUT2D eigenvalue weighted by molar-refractivity contribution is 6.44. The second-order valence-electron chi connectivity index (χ2n) is 8.04. The third kappa shape index (κ3) is 4.92. The highest BCUT2D eigenvalue weighted by Gasteiger charge is 2.35. The van der Waals surface area contributed by atoms with E-state index in [1.165, 1.54) is 35.5 Å². The molecule has 0 saturated carbocycles. The molecular formula is C22H24FN7O3. The van der Waals surface area contributed by atoms with Gasteiger partial charge in [0.2, 0.25) is 11.8 Å². The van der Waals surface area contributed by atoms with E-state index in [0.29, 0.717) is 23.7 Å². The van der Waals surface area contributed by atoms with Crippen molar-refractivity contribution in [1.82, 2.24) is 4.98 Å². The molecule has 11 heteroatoms. The van der Waals surface area contributed by atoms with Crippen LogP contribution >= 0.6 is 0 Å². The van der Waals surface area contributed by atoms with Crippen molar-refractivity contribution in [3.05, 3.63) is 48.4 Å². The number of pyridine rings is 1. The number of nitrogens with zero attached hydrogens (tertiary/aromatic N) is 4. The summed E-state index contributed by atoms with van der Waals surface area (Å²) < 4.78 is 13.2. The number of nitrogens with two attached hydrogens (primary N) is 2. The third-order valence-electron chi connectivity index (χ3n) is 5.75. The minimum Gasteiger partial charge on any atom is -0.369 e. The molecule has 3 heterocycles. The van der Waals surface area contributed by atoms with Crippen LogP contribution in [0.2, 0.25) is 0 Å². The fraction of sp³-hybridized carbons (Fsp3) is 0.318. The number of benzene rings is 1. The SMILES string of the molecule is NC(=O)C1CCCN(c2ccc(NC(=O)C3=NN(c4ccc(F)cc4)C(C(N)=O)C3)cn2)C1. The van der Waals surface area contributed by atoms with E-state index in [-0.39, 0.29) is 24.0 Å². The van der Waals surface area contributed by atoms with Gasteiger partial charge in [-0.3, -0.25) is 19.4 Å². The van der Waals surface area contributed by atoms with E-state index in [0.717, 1.165) is 19.4 Å². The number of carbonyl (C=O) groups excluding carboxylic acids is 3. The molecule has 4 rings (SSSR count). The van der Waals surface area contributed by atoms with E-state index >= 15 is 0 Å². The van der Waals surface area contributed by atoms with Crippen molar-refractivity contribution < 1.29 is 18.8 Å². The number of hydrazone groups is 1. The van der Waals surface area contributed by atoms with Gasteiger partial charge in [-0.05, 0) is 49.2 Å². The number of piperidine rings is 1. The smallest absolute Gasteiger partial charge is 0.272 e. The lowest BCUT2D eigenvalue weighted by Crippen LogP contribution is -2.41. The van der Waals surface area contributed by atoms with Crippen molar-refractivity contribution in [1.29, 1.82) is 0 Å². The molecule has 2 aliphatic rings. The normalized spacial score (nSPS) is 20.3. The van der Waals surface area contributed by atoms with Crippen molar-refractivity contribution in [3.63, 3.8) is 0 Å². The maximum absolute atomic E-state index is 13.2. The fourth-order valence-electron chi connectivity index (χ4n) is 3.97. The zero-order valence-electron chi connectivity index (χ0n) is 17.8. The van der Waals surface area contributed by atoms with Crippen LogP contribution in [0.1, 0.15) is 19.3 Å². The van der Waals surface area contributed by atoms with E-state index < -0.39 is 23.7 Å². The number of anilines is 3. The quantitative estimate of drug-likeness (QED) is 0.594. The first-order chi connectivity index (χ1) is 15.8. The summed E-state index contributed by atoms with van der Waals surface area (Å²) >= 11 is 0. The second-order valence-corrected chi connectivity index (χ2v) is 8.04. The Morgan fingerprint density at radius 3 is 2.45 bits per heavy atom.